The molecule has 1 aromatic carbocycles. The van der Waals surface area contributed by atoms with Gasteiger partial charge in [-0.15, -0.1) is 0 Å². The highest BCUT2D eigenvalue weighted by Gasteiger charge is 2.45. The van der Waals surface area contributed by atoms with Gasteiger partial charge in [0.2, 0.25) is 0 Å². The molecule has 158 valence electrons. The molecule has 1 aromatic heterocycles. The van der Waals surface area contributed by atoms with Crippen LogP contribution >= 0.6 is 15.9 Å². The van der Waals surface area contributed by atoms with Crippen LogP contribution in [0.15, 0.2) is 52.8 Å². The second-order valence-electron chi connectivity index (χ2n) is 7.28. The minimum absolute atomic E-state index is 0.0770. The van der Waals surface area contributed by atoms with E-state index in [4.69, 9.17) is 4.74 Å². The predicted molar refractivity (Wildman–Crippen MR) is 117 cm³/mol. The van der Waals surface area contributed by atoms with Gasteiger partial charge in [-0.3, -0.25) is 14.6 Å². The number of halogens is 1. The molecule has 1 aliphatic heterocycles. The minimum Gasteiger partial charge on any atom is -0.507 e. The molecule has 1 amide bonds. The summed E-state index contributed by atoms with van der Waals surface area (Å²) >= 11 is 3.40. The molecule has 0 radical (unpaired) electrons. The van der Waals surface area contributed by atoms with Crippen molar-refractivity contribution in [2.45, 2.75) is 12.5 Å². The number of benzene rings is 1. The molecule has 1 aliphatic rings. The van der Waals surface area contributed by atoms with Crippen molar-refractivity contribution >= 4 is 33.4 Å². The maximum absolute atomic E-state index is 12.9. The zero-order valence-electron chi connectivity index (χ0n) is 17.1. The summed E-state index contributed by atoms with van der Waals surface area (Å²) < 4.78 is 5.86. The number of hydrogen-bond acceptors (Lipinski definition) is 6. The largest absolute Gasteiger partial charge is 0.507 e. The van der Waals surface area contributed by atoms with Gasteiger partial charge in [0.05, 0.1) is 23.2 Å². The van der Waals surface area contributed by atoms with E-state index in [1.54, 1.807) is 49.8 Å². The molecule has 1 fully saturated rings. The third-order valence-electron chi connectivity index (χ3n) is 4.99. The van der Waals surface area contributed by atoms with Gasteiger partial charge in [-0.25, -0.2) is 0 Å². The Morgan fingerprint density at radius 1 is 1.23 bits per heavy atom. The number of carbonyl (C=O) groups excluding carboxylic acids is 2. The zero-order chi connectivity index (χ0) is 21.8. The molecule has 3 rings (SSSR count). The molecule has 0 aliphatic carbocycles. The van der Waals surface area contributed by atoms with Crippen LogP contribution in [-0.4, -0.2) is 65.9 Å². The molecule has 1 unspecified atom stereocenters. The first-order chi connectivity index (χ1) is 14.3. The Kier molecular flexibility index (Phi) is 6.89. The summed E-state index contributed by atoms with van der Waals surface area (Å²) in [7, 11) is 5.45. The first-order valence-electron chi connectivity index (χ1n) is 9.52. The van der Waals surface area contributed by atoms with Crippen molar-refractivity contribution in [2.75, 3.05) is 34.3 Å². The summed E-state index contributed by atoms with van der Waals surface area (Å²) in [5.41, 5.74) is 1.23. The number of methoxy groups -OCH3 is 1. The topological polar surface area (TPSA) is 83.0 Å². The van der Waals surface area contributed by atoms with Gasteiger partial charge in [0, 0.05) is 24.5 Å². The zero-order valence-corrected chi connectivity index (χ0v) is 18.7. The summed E-state index contributed by atoms with van der Waals surface area (Å²) in [5.74, 6) is -0.911. The highest BCUT2D eigenvalue weighted by Crippen LogP contribution is 2.40. The lowest BCUT2D eigenvalue weighted by molar-refractivity contribution is -0.139. The van der Waals surface area contributed by atoms with Crippen molar-refractivity contribution in [3.63, 3.8) is 0 Å². The van der Waals surface area contributed by atoms with Crippen molar-refractivity contribution in [1.29, 1.82) is 0 Å². The van der Waals surface area contributed by atoms with Crippen LogP contribution in [0.25, 0.3) is 5.76 Å². The van der Waals surface area contributed by atoms with Crippen LogP contribution in [0, 0.1) is 0 Å². The molecule has 1 saturated heterocycles. The summed E-state index contributed by atoms with van der Waals surface area (Å²) in [4.78, 5) is 33.4. The van der Waals surface area contributed by atoms with Crippen LogP contribution in [0.2, 0.25) is 0 Å². The number of rotatable bonds is 7. The fourth-order valence-corrected chi connectivity index (χ4v) is 4.07. The maximum Gasteiger partial charge on any atom is 0.295 e. The van der Waals surface area contributed by atoms with E-state index in [1.165, 1.54) is 4.90 Å². The first-order valence-corrected chi connectivity index (χ1v) is 10.3. The Hall–Kier alpha value is -2.71. The van der Waals surface area contributed by atoms with Gasteiger partial charge in [0.25, 0.3) is 11.7 Å². The molecule has 8 heteroatoms. The normalized spacial score (nSPS) is 18.3. The van der Waals surface area contributed by atoms with E-state index in [0.29, 0.717) is 28.8 Å². The van der Waals surface area contributed by atoms with Crippen LogP contribution in [0.5, 0.6) is 5.75 Å². The number of hydrogen-bond donors (Lipinski definition) is 1. The average Bonchev–Trinajstić information content (AvgIpc) is 2.98. The predicted octanol–water partition coefficient (Wildman–Crippen LogP) is 3.23. The van der Waals surface area contributed by atoms with E-state index in [0.717, 1.165) is 12.1 Å². The van der Waals surface area contributed by atoms with E-state index in [2.05, 4.69) is 20.9 Å². The monoisotopic (exact) mass is 473 g/mol. The summed E-state index contributed by atoms with van der Waals surface area (Å²) in [6, 6.07) is 7.85. The maximum atomic E-state index is 12.9. The van der Waals surface area contributed by atoms with Crippen LogP contribution in [0.1, 0.15) is 23.6 Å². The number of ether oxygens (including phenoxy) is 1. The average molecular weight is 474 g/mol. The molecular weight excluding hydrogens is 450 g/mol. The minimum atomic E-state index is -0.689. The molecule has 1 N–H and O–H groups in total. The molecule has 7 nitrogen and oxygen atoms in total. The number of pyridine rings is 1. The Labute approximate surface area is 184 Å². The summed E-state index contributed by atoms with van der Waals surface area (Å²) in [6.45, 7) is 1.18. The molecule has 30 heavy (non-hydrogen) atoms. The number of aromatic nitrogens is 1. The molecule has 2 heterocycles. The van der Waals surface area contributed by atoms with E-state index in [9.17, 15) is 14.7 Å². The number of likely N-dealkylation sites (tertiary alicyclic amines) is 1. The second kappa shape index (κ2) is 9.40. The third-order valence-corrected chi connectivity index (χ3v) is 5.61. The van der Waals surface area contributed by atoms with E-state index < -0.39 is 17.7 Å². The number of aliphatic hydroxyl groups excluding tert-OH is 1. The third kappa shape index (κ3) is 4.39. The fraction of sp³-hybridized carbons (Fsp3) is 0.318. The SMILES string of the molecule is COc1ccc(/C(O)=C2/C(=O)C(=O)N(CCCN(C)C)C2c2ccncc2)cc1Br. The van der Waals surface area contributed by atoms with Gasteiger partial charge >= 0.3 is 0 Å². The van der Waals surface area contributed by atoms with Gasteiger partial charge < -0.3 is 19.6 Å². The van der Waals surface area contributed by atoms with Gasteiger partial charge in [-0.05, 0) is 78.9 Å². The van der Waals surface area contributed by atoms with Crippen molar-refractivity contribution in [1.82, 2.24) is 14.8 Å². The lowest BCUT2D eigenvalue weighted by atomic mass is 9.96. The van der Waals surface area contributed by atoms with Crippen molar-refractivity contribution < 1.29 is 19.4 Å². The van der Waals surface area contributed by atoms with Crippen molar-refractivity contribution in [3.8, 4) is 5.75 Å². The van der Waals surface area contributed by atoms with Crippen molar-refractivity contribution in [2.24, 2.45) is 0 Å². The molecule has 2 aromatic rings. The first kappa shape index (κ1) is 22.0. The fourth-order valence-electron chi connectivity index (χ4n) is 3.53. The highest BCUT2D eigenvalue weighted by molar-refractivity contribution is 9.10. The number of amides is 1. The lowest BCUT2D eigenvalue weighted by Crippen LogP contribution is -2.32. The van der Waals surface area contributed by atoms with Crippen LogP contribution < -0.4 is 4.74 Å². The summed E-state index contributed by atoms with van der Waals surface area (Å²) in [5, 5.41) is 11.1. The van der Waals surface area contributed by atoms with Crippen molar-refractivity contribution in [3.05, 3.63) is 63.9 Å². The van der Waals surface area contributed by atoms with Crippen LogP contribution in [0.4, 0.5) is 0 Å². The second-order valence-corrected chi connectivity index (χ2v) is 8.13. The van der Waals surface area contributed by atoms with Crippen LogP contribution in [-0.2, 0) is 9.59 Å². The Bertz CT molecular complexity index is 976. The smallest absolute Gasteiger partial charge is 0.295 e. The number of nitrogens with zero attached hydrogens (tertiary/aromatic N) is 3. The molecule has 0 saturated carbocycles. The number of carbonyl (C=O) groups is 2. The molecule has 0 bridgehead atoms. The van der Waals surface area contributed by atoms with E-state index in [-0.39, 0.29) is 11.3 Å². The summed E-state index contributed by atoms with van der Waals surface area (Å²) in [6.07, 6.45) is 3.92. The van der Waals surface area contributed by atoms with Crippen LogP contribution in [0.3, 0.4) is 0 Å². The quantitative estimate of drug-likeness (QED) is 0.377. The van der Waals surface area contributed by atoms with Gasteiger partial charge in [0.1, 0.15) is 11.5 Å². The highest BCUT2D eigenvalue weighted by atomic mass is 79.9. The van der Waals surface area contributed by atoms with Gasteiger partial charge in [-0.1, -0.05) is 0 Å². The number of ketones is 1. The number of aliphatic hydroxyl groups is 1. The van der Waals surface area contributed by atoms with E-state index >= 15 is 0 Å². The Balaban J connectivity index is 2.08. The molecular formula is C22H24BrN3O4. The molecule has 1 atom stereocenters. The van der Waals surface area contributed by atoms with Gasteiger partial charge in [0.15, 0.2) is 0 Å². The van der Waals surface area contributed by atoms with E-state index in [1.807, 2.05) is 19.0 Å². The Morgan fingerprint density at radius 2 is 1.93 bits per heavy atom. The lowest BCUT2D eigenvalue weighted by Gasteiger charge is -2.25. The molecule has 0 spiro atoms. The standard InChI is InChI=1S/C22H24BrN3O4/c1-25(2)11-4-12-26-19(14-7-9-24-10-8-14)18(21(28)22(26)29)20(27)15-5-6-17(30-3)16(23)13-15/h5-10,13,19,27H,4,11-12H2,1-3H3/b20-18-. The van der Waals surface area contributed by atoms with Gasteiger partial charge in [-0.2, -0.15) is 0 Å². The number of Topliss-reactive ketones (excluding diaryl/α,β-unsaturated/α-hetero) is 1. The Morgan fingerprint density at radius 3 is 2.53 bits per heavy atom.